The fourth-order valence-electron chi connectivity index (χ4n) is 3.90. The van der Waals surface area contributed by atoms with E-state index in [1.165, 1.54) is 6.07 Å². The zero-order chi connectivity index (χ0) is 23.1. The second-order valence-corrected chi connectivity index (χ2v) is 9.70. The molecule has 1 heterocycles. The molecule has 2 aromatic rings. The summed E-state index contributed by atoms with van der Waals surface area (Å²) < 4.78 is 34.6. The summed E-state index contributed by atoms with van der Waals surface area (Å²) in [7, 11) is -3.90. The summed E-state index contributed by atoms with van der Waals surface area (Å²) in [5.41, 5.74) is 1.64. The van der Waals surface area contributed by atoms with E-state index in [9.17, 15) is 13.2 Å². The Bertz CT molecular complexity index is 1000. The number of benzene rings is 2. The van der Waals surface area contributed by atoms with Gasteiger partial charge in [-0.1, -0.05) is 37.3 Å². The monoisotopic (exact) mass is 459 g/mol. The molecule has 0 aliphatic carbocycles. The van der Waals surface area contributed by atoms with Crippen LogP contribution in [0.2, 0.25) is 0 Å². The first-order valence-corrected chi connectivity index (χ1v) is 12.6. The SMILES string of the molecule is CCOc1ccc(S(=O)(=O)NC(Cc2ccccc2)C(=O)N2CCN(CC)CC2)cc1C. The molecule has 2 aromatic carbocycles. The molecular formula is C24H33N3O4S. The highest BCUT2D eigenvalue weighted by molar-refractivity contribution is 7.89. The minimum atomic E-state index is -3.90. The molecule has 3 rings (SSSR count). The number of ether oxygens (including phenoxy) is 1. The quantitative estimate of drug-likeness (QED) is 0.623. The van der Waals surface area contributed by atoms with Crippen LogP contribution in [-0.2, 0) is 21.2 Å². The highest BCUT2D eigenvalue weighted by Gasteiger charge is 2.31. The van der Waals surface area contributed by atoms with Gasteiger partial charge in [0.25, 0.3) is 0 Å². The Morgan fingerprint density at radius 3 is 2.34 bits per heavy atom. The number of sulfonamides is 1. The Morgan fingerprint density at radius 1 is 1.06 bits per heavy atom. The first kappa shape index (κ1) is 24.2. The molecule has 1 atom stereocenters. The predicted molar refractivity (Wildman–Crippen MR) is 125 cm³/mol. The van der Waals surface area contributed by atoms with E-state index >= 15 is 0 Å². The Hall–Kier alpha value is -2.42. The molecule has 1 saturated heterocycles. The number of likely N-dealkylation sites (N-methyl/N-ethyl adjacent to an activating group) is 1. The van der Waals surface area contributed by atoms with Gasteiger partial charge in [0.1, 0.15) is 11.8 Å². The number of piperazine rings is 1. The summed E-state index contributed by atoms with van der Waals surface area (Å²) in [6.07, 6.45) is 0.295. The van der Waals surface area contributed by atoms with Gasteiger partial charge in [0.05, 0.1) is 11.5 Å². The average molecular weight is 460 g/mol. The van der Waals surface area contributed by atoms with Crippen molar-refractivity contribution in [1.82, 2.24) is 14.5 Å². The van der Waals surface area contributed by atoms with Gasteiger partial charge in [-0.15, -0.1) is 0 Å². The summed E-state index contributed by atoms with van der Waals surface area (Å²) in [4.78, 5) is 17.5. The lowest BCUT2D eigenvalue weighted by atomic mass is 10.1. The topological polar surface area (TPSA) is 78.9 Å². The van der Waals surface area contributed by atoms with E-state index in [-0.39, 0.29) is 10.8 Å². The molecule has 0 radical (unpaired) electrons. The largest absolute Gasteiger partial charge is 0.494 e. The molecule has 1 N–H and O–H groups in total. The molecule has 7 nitrogen and oxygen atoms in total. The van der Waals surface area contributed by atoms with Crippen LogP contribution in [0.4, 0.5) is 0 Å². The van der Waals surface area contributed by atoms with Crippen LogP contribution < -0.4 is 9.46 Å². The molecule has 0 saturated carbocycles. The zero-order valence-corrected chi connectivity index (χ0v) is 19.9. The van der Waals surface area contributed by atoms with Crippen LogP contribution in [0.5, 0.6) is 5.75 Å². The maximum Gasteiger partial charge on any atom is 0.241 e. The van der Waals surface area contributed by atoms with E-state index < -0.39 is 16.1 Å². The Kier molecular flexibility index (Phi) is 8.28. The number of carbonyl (C=O) groups excluding carboxylic acids is 1. The van der Waals surface area contributed by atoms with Crippen molar-refractivity contribution < 1.29 is 17.9 Å². The molecule has 1 aliphatic rings. The molecule has 32 heavy (non-hydrogen) atoms. The minimum absolute atomic E-state index is 0.125. The molecule has 1 aliphatic heterocycles. The van der Waals surface area contributed by atoms with E-state index in [4.69, 9.17) is 4.74 Å². The van der Waals surface area contributed by atoms with Crippen molar-refractivity contribution in [3.63, 3.8) is 0 Å². The first-order chi connectivity index (χ1) is 15.3. The second-order valence-electron chi connectivity index (χ2n) is 7.98. The lowest BCUT2D eigenvalue weighted by Gasteiger charge is -2.36. The molecule has 0 bridgehead atoms. The molecule has 1 amide bonds. The molecule has 174 valence electrons. The van der Waals surface area contributed by atoms with Gasteiger partial charge in [-0.25, -0.2) is 8.42 Å². The highest BCUT2D eigenvalue weighted by atomic mass is 32.2. The van der Waals surface area contributed by atoms with Gasteiger partial charge in [0.2, 0.25) is 15.9 Å². The summed E-state index contributed by atoms with van der Waals surface area (Å²) in [6, 6.07) is 13.4. The van der Waals surface area contributed by atoms with Crippen LogP contribution >= 0.6 is 0 Å². The van der Waals surface area contributed by atoms with Crippen LogP contribution in [0.1, 0.15) is 25.0 Å². The maximum absolute atomic E-state index is 13.4. The number of amides is 1. The third-order valence-electron chi connectivity index (χ3n) is 5.77. The summed E-state index contributed by atoms with van der Waals surface area (Å²) in [5, 5.41) is 0. The van der Waals surface area contributed by atoms with Crippen LogP contribution in [0, 0.1) is 6.92 Å². The number of aryl methyl sites for hydroxylation is 1. The van der Waals surface area contributed by atoms with Crippen molar-refractivity contribution in [2.75, 3.05) is 39.3 Å². The Morgan fingerprint density at radius 2 is 1.75 bits per heavy atom. The average Bonchev–Trinajstić information content (AvgIpc) is 2.80. The van der Waals surface area contributed by atoms with E-state index in [1.807, 2.05) is 44.2 Å². The van der Waals surface area contributed by atoms with Crippen LogP contribution in [0.25, 0.3) is 0 Å². The second kappa shape index (κ2) is 10.9. The van der Waals surface area contributed by atoms with Gasteiger partial charge in [-0.3, -0.25) is 4.79 Å². The van der Waals surface area contributed by atoms with Crippen LogP contribution in [0.15, 0.2) is 53.4 Å². The molecule has 0 aromatic heterocycles. The predicted octanol–water partition coefficient (Wildman–Crippen LogP) is 2.45. The minimum Gasteiger partial charge on any atom is -0.494 e. The fraction of sp³-hybridized carbons (Fsp3) is 0.458. The highest BCUT2D eigenvalue weighted by Crippen LogP contribution is 2.22. The van der Waals surface area contributed by atoms with E-state index in [0.717, 1.165) is 30.8 Å². The normalized spacial score (nSPS) is 16.0. The Balaban J connectivity index is 1.83. The van der Waals surface area contributed by atoms with Gasteiger partial charge < -0.3 is 14.5 Å². The van der Waals surface area contributed by atoms with E-state index in [1.54, 1.807) is 17.0 Å². The van der Waals surface area contributed by atoms with Gasteiger partial charge in [-0.05, 0) is 56.1 Å². The molecule has 0 spiro atoms. The number of hydrogen-bond donors (Lipinski definition) is 1. The number of nitrogens with one attached hydrogen (secondary N) is 1. The van der Waals surface area contributed by atoms with Crippen LogP contribution in [0.3, 0.4) is 0 Å². The first-order valence-electron chi connectivity index (χ1n) is 11.1. The number of hydrogen-bond acceptors (Lipinski definition) is 5. The van der Waals surface area contributed by atoms with Crippen molar-refractivity contribution >= 4 is 15.9 Å². The van der Waals surface area contributed by atoms with E-state index in [0.29, 0.717) is 31.9 Å². The maximum atomic E-state index is 13.4. The number of carbonyl (C=O) groups is 1. The number of rotatable bonds is 9. The molecule has 1 unspecified atom stereocenters. The smallest absolute Gasteiger partial charge is 0.241 e. The summed E-state index contributed by atoms with van der Waals surface area (Å²) >= 11 is 0. The molecule has 1 fully saturated rings. The Labute approximate surface area is 191 Å². The summed E-state index contributed by atoms with van der Waals surface area (Å²) in [6.45, 7) is 10.0. The van der Waals surface area contributed by atoms with Gasteiger partial charge in [0.15, 0.2) is 0 Å². The standard InChI is InChI=1S/C24H33N3O4S/c1-4-26-13-15-27(16-14-26)24(28)22(18-20-9-7-6-8-10-20)25-32(29,30)21-11-12-23(31-5-2)19(3)17-21/h6-12,17,22,25H,4-5,13-16,18H2,1-3H3. The van der Waals surface area contributed by atoms with Gasteiger partial charge in [0, 0.05) is 26.2 Å². The summed E-state index contributed by atoms with van der Waals surface area (Å²) in [5.74, 6) is 0.466. The van der Waals surface area contributed by atoms with Crippen molar-refractivity contribution in [2.45, 2.75) is 38.1 Å². The molecule has 8 heteroatoms. The lowest BCUT2D eigenvalue weighted by Crippen LogP contribution is -2.55. The fourth-order valence-corrected chi connectivity index (χ4v) is 5.17. The molecular weight excluding hydrogens is 426 g/mol. The van der Waals surface area contributed by atoms with Crippen LogP contribution in [-0.4, -0.2) is 69.5 Å². The third kappa shape index (κ3) is 6.09. The number of nitrogens with zero attached hydrogens (tertiary/aromatic N) is 2. The van der Waals surface area contributed by atoms with Crippen molar-refractivity contribution in [2.24, 2.45) is 0 Å². The van der Waals surface area contributed by atoms with Crippen molar-refractivity contribution in [1.29, 1.82) is 0 Å². The van der Waals surface area contributed by atoms with Crippen molar-refractivity contribution in [3.8, 4) is 5.75 Å². The lowest BCUT2D eigenvalue weighted by molar-refractivity contribution is -0.134. The van der Waals surface area contributed by atoms with Gasteiger partial charge in [-0.2, -0.15) is 4.72 Å². The van der Waals surface area contributed by atoms with E-state index in [2.05, 4.69) is 16.5 Å². The third-order valence-corrected chi connectivity index (χ3v) is 7.24. The zero-order valence-electron chi connectivity index (χ0n) is 19.1. The van der Waals surface area contributed by atoms with Crippen molar-refractivity contribution in [3.05, 3.63) is 59.7 Å². The van der Waals surface area contributed by atoms with Gasteiger partial charge >= 0.3 is 0 Å².